The first-order valence-electron chi connectivity index (χ1n) is 8.80. The quantitative estimate of drug-likeness (QED) is 0.755. The third kappa shape index (κ3) is 3.13. The molecule has 0 radical (unpaired) electrons. The first-order valence-corrected chi connectivity index (χ1v) is 8.80. The molecule has 3 saturated heterocycles. The van der Waals surface area contributed by atoms with Crippen LogP contribution in [-0.2, 0) is 4.74 Å². The topological polar surface area (TPSA) is 57.1 Å². The van der Waals surface area contributed by atoms with Gasteiger partial charge in [0.25, 0.3) is 0 Å². The number of amides is 2. The maximum absolute atomic E-state index is 12.0. The normalized spacial score (nSPS) is 24.0. The van der Waals surface area contributed by atoms with E-state index >= 15 is 0 Å². The summed E-state index contributed by atoms with van der Waals surface area (Å²) in [5, 5.41) is 4.48. The summed E-state index contributed by atoms with van der Waals surface area (Å²) >= 11 is 0. The van der Waals surface area contributed by atoms with Crippen LogP contribution in [0, 0.1) is 0 Å². The second kappa shape index (κ2) is 6.70. The van der Waals surface area contributed by atoms with E-state index < -0.39 is 0 Å². The van der Waals surface area contributed by atoms with E-state index in [1.807, 2.05) is 24.1 Å². The maximum atomic E-state index is 12.0. The standard InChI is InChI=1S/C16H26N6O2/c1-18-2-5-21(16(18)23)14-10-17-22(13-14)15-11-20(12-15)4-3-19-6-8-24-9-7-19/h10,13,15H,2-9,11-12H2,1H3. The second-order valence-corrected chi connectivity index (χ2v) is 6.90. The Hall–Kier alpha value is -1.64. The van der Waals surface area contributed by atoms with Gasteiger partial charge < -0.3 is 9.64 Å². The lowest BCUT2D eigenvalue weighted by molar-refractivity contribution is 0.0228. The molecule has 24 heavy (non-hydrogen) atoms. The van der Waals surface area contributed by atoms with E-state index in [0.717, 1.165) is 71.3 Å². The summed E-state index contributed by atoms with van der Waals surface area (Å²) in [7, 11) is 1.84. The summed E-state index contributed by atoms with van der Waals surface area (Å²) in [5.74, 6) is 0. The molecule has 4 heterocycles. The van der Waals surface area contributed by atoms with Gasteiger partial charge in [-0.05, 0) is 0 Å². The van der Waals surface area contributed by atoms with Gasteiger partial charge in [0, 0.05) is 65.6 Å². The molecule has 0 N–H and O–H groups in total. The SMILES string of the molecule is CN1CCN(c2cnn(C3CN(CCN4CCOCC4)C3)c2)C1=O. The number of likely N-dealkylation sites (N-methyl/N-ethyl adjacent to an activating group) is 1. The Labute approximate surface area is 142 Å². The van der Waals surface area contributed by atoms with E-state index in [-0.39, 0.29) is 6.03 Å². The number of likely N-dealkylation sites (tertiary alicyclic amines) is 1. The lowest BCUT2D eigenvalue weighted by Gasteiger charge is -2.40. The minimum absolute atomic E-state index is 0.0651. The van der Waals surface area contributed by atoms with Gasteiger partial charge >= 0.3 is 6.03 Å². The van der Waals surface area contributed by atoms with Crippen LogP contribution < -0.4 is 4.90 Å². The first kappa shape index (κ1) is 15.9. The van der Waals surface area contributed by atoms with Crippen molar-refractivity contribution in [2.45, 2.75) is 6.04 Å². The van der Waals surface area contributed by atoms with Crippen molar-refractivity contribution in [3.05, 3.63) is 12.4 Å². The highest BCUT2D eigenvalue weighted by atomic mass is 16.5. The van der Waals surface area contributed by atoms with Crippen molar-refractivity contribution >= 4 is 11.7 Å². The van der Waals surface area contributed by atoms with Crippen molar-refractivity contribution in [3.8, 4) is 0 Å². The maximum Gasteiger partial charge on any atom is 0.324 e. The molecule has 0 aromatic carbocycles. The van der Waals surface area contributed by atoms with Gasteiger partial charge in [-0.1, -0.05) is 0 Å². The summed E-state index contributed by atoms with van der Waals surface area (Å²) in [6, 6.07) is 0.495. The van der Waals surface area contributed by atoms with Crippen molar-refractivity contribution in [1.82, 2.24) is 24.5 Å². The van der Waals surface area contributed by atoms with Crippen molar-refractivity contribution in [2.24, 2.45) is 0 Å². The molecule has 3 aliphatic rings. The number of aromatic nitrogens is 2. The molecule has 1 aromatic heterocycles. The van der Waals surface area contributed by atoms with Gasteiger partial charge in [-0.25, -0.2) is 4.79 Å². The van der Waals surface area contributed by atoms with Crippen molar-refractivity contribution in [1.29, 1.82) is 0 Å². The zero-order valence-electron chi connectivity index (χ0n) is 14.3. The van der Waals surface area contributed by atoms with Crippen LogP contribution in [0.2, 0.25) is 0 Å². The van der Waals surface area contributed by atoms with E-state index in [2.05, 4.69) is 14.9 Å². The number of hydrogen-bond acceptors (Lipinski definition) is 5. The molecule has 0 bridgehead atoms. The van der Waals surface area contributed by atoms with Crippen LogP contribution in [0.15, 0.2) is 12.4 Å². The molecule has 2 amide bonds. The molecule has 4 rings (SSSR count). The molecule has 0 saturated carbocycles. The Balaban J connectivity index is 1.24. The molecule has 3 aliphatic heterocycles. The number of rotatable bonds is 5. The molecule has 0 unspecified atom stereocenters. The minimum atomic E-state index is 0.0651. The van der Waals surface area contributed by atoms with Gasteiger partial charge in [-0.2, -0.15) is 5.10 Å². The molecule has 8 heteroatoms. The number of anilines is 1. The number of ether oxygens (including phenoxy) is 1. The van der Waals surface area contributed by atoms with E-state index in [1.165, 1.54) is 0 Å². The van der Waals surface area contributed by atoms with Gasteiger partial charge in [-0.3, -0.25) is 19.4 Å². The molecule has 1 aromatic rings. The van der Waals surface area contributed by atoms with E-state index in [9.17, 15) is 4.79 Å². The molecular formula is C16H26N6O2. The fourth-order valence-electron chi connectivity index (χ4n) is 3.55. The van der Waals surface area contributed by atoms with Gasteiger partial charge in [0.15, 0.2) is 0 Å². The summed E-state index contributed by atoms with van der Waals surface area (Å²) in [5.41, 5.74) is 0.913. The summed E-state index contributed by atoms with van der Waals surface area (Å²) in [4.78, 5) is 20.5. The van der Waals surface area contributed by atoms with Crippen molar-refractivity contribution in [2.75, 3.05) is 77.5 Å². The first-order chi connectivity index (χ1) is 11.7. The van der Waals surface area contributed by atoms with Crippen molar-refractivity contribution in [3.63, 3.8) is 0 Å². The number of nitrogens with zero attached hydrogens (tertiary/aromatic N) is 6. The molecule has 8 nitrogen and oxygen atoms in total. The van der Waals surface area contributed by atoms with Crippen LogP contribution in [0.25, 0.3) is 0 Å². The zero-order chi connectivity index (χ0) is 16.5. The Bertz CT molecular complexity index is 579. The van der Waals surface area contributed by atoms with Gasteiger partial charge in [0.1, 0.15) is 0 Å². The number of urea groups is 1. The van der Waals surface area contributed by atoms with E-state index in [0.29, 0.717) is 6.04 Å². The third-order valence-corrected chi connectivity index (χ3v) is 5.26. The molecule has 0 aliphatic carbocycles. The highest BCUT2D eigenvalue weighted by Crippen LogP contribution is 2.24. The van der Waals surface area contributed by atoms with Crippen LogP contribution in [0.5, 0.6) is 0 Å². The van der Waals surface area contributed by atoms with Crippen LogP contribution in [0.3, 0.4) is 0 Å². The Morgan fingerprint density at radius 1 is 1.12 bits per heavy atom. The van der Waals surface area contributed by atoms with Gasteiger partial charge in [0.05, 0.1) is 31.1 Å². The average Bonchev–Trinajstić information content (AvgIpc) is 3.15. The second-order valence-electron chi connectivity index (χ2n) is 6.90. The molecule has 132 valence electrons. The van der Waals surface area contributed by atoms with E-state index in [1.54, 1.807) is 9.80 Å². The fraction of sp³-hybridized carbons (Fsp3) is 0.750. The Morgan fingerprint density at radius 3 is 2.58 bits per heavy atom. The molecule has 0 spiro atoms. The molecular weight excluding hydrogens is 308 g/mol. The number of carbonyl (C=O) groups excluding carboxylic acids is 1. The minimum Gasteiger partial charge on any atom is -0.379 e. The van der Waals surface area contributed by atoms with Gasteiger partial charge in [-0.15, -0.1) is 0 Å². The van der Waals surface area contributed by atoms with Gasteiger partial charge in [0.2, 0.25) is 0 Å². The molecule has 3 fully saturated rings. The summed E-state index contributed by atoms with van der Waals surface area (Å²) in [6.45, 7) is 9.68. The third-order valence-electron chi connectivity index (χ3n) is 5.26. The average molecular weight is 334 g/mol. The van der Waals surface area contributed by atoms with Crippen LogP contribution in [0.1, 0.15) is 6.04 Å². The number of hydrogen-bond donors (Lipinski definition) is 0. The Kier molecular flexibility index (Phi) is 4.43. The lowest BCUT2D eigenvalue weighted by atomic mass is 10.1. The predicted molar refractivity (Wildman–Crippen MR) is 90.3 cm³/mol. The lowest BCUT2D eigenvalue weighted by Crippen LogP contribution is -2.51. The monoisotopic (exact) mass is 334 g/mol. The van der Waals surface area contributed by atoms with Crippen LogP contribution in [0.4, 0.5) is 10.5 Å². The van der Waals surface area contributed by atoms with E-state index in [4.69, 9.17) is 4.74 Å². The summed E-state index contributed by atoms with van der Waals surface area (Å²) < 4.78 is 7.40. The fourth-order valence-corrected chi connectivity index (χ4v) is 3.55. The number of carbonyl (C=O) groups is 1. The van der Waals surface area contributed by atoms with Crippen LogP contribution in [-0.4, -0.2) is 103 Å². The Morgan fingerprint density at radius 2 is 1.88 bits per heavy atom. The molecule has 0 atom stereocenters. The predicted octanol–water partition coefficient (Wildman–Crippen LogP) is -0.0562. The van der Waals surface area contributed by atoms with Crippen LogP contribution >= 0.6 is 0 Å². The highest BCUT2D eigenvalue weighted by molar-refractivity contribution is 5.93. The summed E-state index contributed by atoms with van der Waals surface area (Å²) in [6.07, 6.45) is 3.83. The van der Waals surface area contributed by atoms with Crippen molar-refractivity contribution < 1.29 is 9.53 Å². The number of morpholine rings is 1. The smallest absolute Gasteiger partial charge is 0.324 e. The largest absolute Gasteiger partial charge is 0.379 e. The zero-order valence-corrected chi connectivity index (χ0v) is 14.3. The highest BCUT2D eigenvalue weighted by Gasteiger charge is 2.31.